The molecule has 0 atom stereocenters. The van der Waals surface area contributed by atoms with Gasteiger partial charge in [0.25, 0.3) is 0 Å². The van der Waals surface area contributed by atoms with Gasteiger partial charge in [0.1, 0.15) is 6.33 Å². The van der Waals surface area contributed by atoms with Crippen LogP contribution in [0.25, 0.3) is 0 Å². The second kappa shape index (κ2) is 5.80. The molecule has 1 saturated carbocycles. The molecule has 1 aromatic heterocycles. The van der Waals surface area contributed by atoms with Crippen molar-refractivity contribution in [3.8, 4) is 0 Å². The van der Waals surface area contributed by atoms with Gasteiger partial charge in [0.15, 0.2) is 0 Å². The number of hydrogen-bond acceptors (Lipinski definition) is 7. The van der Waals surface area contributed by atoms with Gasteiger partial charge in [0, 0.05) is 26.2 Å². The van der Waals surface area contributed by atoms with Crippen molar-refractivity contribution in [3.05, 3.63) is 16.4 Å². The Morgan fingerprint density at radius 2 is 2.05 bits per heavy atom. The molecule has 0 aliphatic heterocycles. The zero-order chi connectivity index (χ0) is 15.6. The molecule has 0 radical (unpaired) electrons. The fourth-order valence-corrected chi connectivity index (χ4v) is 2.85. The van der Waals surface area contributed by atoms with Gasteiger partial charge in [-0.15, -0.1) is 0 Å². The molecule has 21 heavy (non-hydrogen) atoms. The van der Waals surface area contributed by atoms with Crippen LogP contribution in [0.4, 0.5) is 17.3 Å². The summed E-state index contributed by atoms with van der Waals surface area (Å²) < 4.78 is 0. The highest BCUT2D eigenvalue weighted by Crippen LogP contribution is 2.39. The Hall–Kier alpha value is -1.96. The lowest BCUT2D eigenvalue weighted by molar-refractivity contribution is -0.383. The SMILES string of the molecule is CNc1ncnc(N(C)CC2(N(C)C)CCC2)c1[N+](=O)[O-]. The third-order valence-electron chi connectivity index (χ3n) is 4.35. The molecule has 0 aromatic carbocycles. The number of nitro groups is 1. The van der Waals surface area contributed by atoms with Gasteiger partial charge in [0.05, 0.1) is 4.92 Å². The smallest absolute Gasteiger partial charge is 0.353 e. The second-order valence-corrected chi connectivity index (χ2v) is 5.73. The molecule has 0 amide bonds. The lowest BCUT2D eigenvalue weighted by Gasteiger charge is -2.49. The van der Waals surface area contributed by atoms with Gasteiger partial charge in [0.2, 0.25) is 11.6 Å². The maximum absolute atomic E-state index is 11.3. The fraction of sp³-hybridized carbons (Fsp3) is 0.692. The van der Waals surface area contributed by atoms with Crippen molar-refractivity contribution in [3.63, 3.8) is 0 Å². The van der Waals surface area contributed by atoms with E-state index in [2.05, 4.69) is 34.3 Å². The van der Waals surface area contributed by atoms with Crippen molar-refractivity contribution in [2.45, 2.75) is 24.8 Å². The highest BCUT2D eigenvalue weighted by molar-refractivity contribution is 5.69. The summed E-state index contributed by atoms with van der Waals surface area (Å²) in [6.07, 6.45) is 4.75. The fourth-order valence-electron chi connectivity index (χ4n) is 2.85. The topological polar surface area (TPSA) is 87.4 Å². The van der Waals surface area contributed by atoms with Crippen molar-refractivity contribution >= 4 is 17.3 Å². The number of nitrogens with zero attached hydrogens (tertiary/aromatic N) is 5. The molecule has 0 saturated heterocycles. The molecule has 2 rings (SSSR count). The van der Waals surface area contributed by atoms with Crippen molar-refractivity contribution in [2.24, 2.45) is 0 Å². The van der Waals surface area contributed by atoms with Crippen LogP contribution in [0.1, 0.15) is 19.3 Å². The molecule has 1 aliphatic rings. The van der Waals surface area contributed by atoms with Crippen LogP contribution in [-0.2, 0) is 0 Å². The summed E-state index contributed by atoms with van der Waals surface area (Å²) in [4.78, 5) is 23.0. The second-order valence-electron chi connectivity index (χ2n) is 5.73. The minimum atomic E-state index is -0.430. The molecule has 0 spiro atoms. The third-order valence-corrected chi connectivity index (χ3v) is 4.35. The summed E-state index contributed by atoms with van der Waals surface area (Å²) in [6, 6.07) is 0. The maximum atomic E-state index is 11.3. The Labute approximate surface area is 124 Å². The molecular weight excluding hydrogens is 272 g/mol. The van der Waals surface area contributed by atoms with E-state index in [1.54, 1.807) is 7.05 Å². The van der Waals surface area contributed by atoms with Crippen LogP contribution < -0.4 is 10.2 Å². The van der Waals surface area contributed by atoms with Gasteiger partial charge in [-0.2, -0.15) is 0 Å². The molecule has 0 bridgehead atoms. The van der Waals surface area contributed by atoms with Gasteiger partial charge in [-0.3, -0.25) is 10.1 Å². The number of hydrogen-bond donors (Lipinski definition) is 1. The van der Waals surface area contributed by atoms with E-state index in [1.807, 2.05) is 11.9 Å². The first-order chi connectivity index (χ1) is 9.91. The molecule has 1 aliphatic carbocycles. The summed E-state index contributed by atoms with van der Waals surface area (Å²) in [6.45, 7) is 0.709. The molecule has 0 unspecified atom stereocenters. The Morgan fingerprint density at radius 3 is 2.48 bits per heavy atom. The zero-order valence-corrected chi connectivity index (χ0v) is 13.0. The van der Waals surface area contributed by atoms with E-state index in [9.17, 15) is 10.1 Å². The number of likely N-dealkylation sites (N-methyl/N-ethyl adjacent to an activating group) is 2. The van der Waals surface area contributed by atoms with Crippen LogP contribution in [0.2, 0.25) is 0 Å². The number of aromatic nitrogens is 2. The Balaban J connectivity index is 2.31. The summed E-state index contributed by atoms with van der Waals surface area (Å²) >= 11 is 0. The van der Waals surface area contributed by atoms with Crippen molar-refractivity contribution in [1.29, 1.82) is 0 Å². The molecule has 8 heteroatoms. The highest BCUT2D eigenvalue weighted by Gasteiger charge is 2.41. The van der Waals surface area contributed by atoms with E-state index in [0.717, 1.165) is 12.8 Å². The summed E-state index contributed by atoms with van der Waals surface area (Å²) in [7, 11) is 7.57. The monoisotopic (exact) mass is 294 g/mol. The number of rotatable bonds is 6. The van der Waals surface area contributed by atoms with Crippen LogP contribution >= 0.6 is 0 Å². The number of anilines is 2. The first-order valence-electron chi connectivity index (χ1n) is 6.97. The van der Waals surface area contributed by atoms with Crippen LogP contribution in [0.5, 0.6) is 0 Å². The van der Waals surface area contributed by atoms with Gasteiger partial charge >= 0.3 is 5.69 Å². The van der Waals surface area contributed by atoms with E-state index < -0.39 is 4.92 Å². The lowest BCUT2D eigenvalue weighted by atomic mass is 9.75. The van der Waals surface area contributed by atoms with Crippen LogP contribution in [0.3, 0.4) is 0 Å². The first-order valence-corrected chi connectivity index (χ1v) is 6.97. The Morgan fingerprint density at radius 1 is 1.38 bits per heavy atom. The van der Waals surface area contributed by atoms with Crippen LogP contribution in [0, 0.1) is 10.1 Å². The van der Waals surface area contributed by atoms with Gasteiger partial charge in [-0.25, -0.2) is 9.97 Å². The van der Waals surface area contributed by atoms with E-state index in [4.69, 9.17) is 0 Å². The third kappa shape index (κ3) is 2.76. The van der Waals surface area contributed by atoms with E-state index in [-0.39, 0.29) is 17.0 Å². The number of nitrogens with one attached hydrogen (secondary N) is 1. The van der Waals surface area contributed by atoms with Crippen molar-refractivity contribution < 1.29 is 4.92 Å². The molecular formula is C13H22N6O2. The average molecular weight is 294 g/mol. The normalized spacial score (nSPS) is 16.4. The van der Waals surface area contributed by atoms with Crippen molar-refractivity contribution in [1.82, 2.24) is 14.9 Å². The van der Waals surface area contributed by atoms with E-state index in [1.165, 1.54) is 12.7 Å². The van der Waals surface area contributed by atoms with Gasteiger partial charge in [-0.05, 0) is 33.4 Å². The predicted molar refractivity (Wildman–Crippen MR) is 81.8 cm³/mol. The van der Waals surface area contributed by atoms with E-state index in [0.29, 0.717) is 12.4 Å². The molecule has 1 N–H and O–H groups in total. The highest BCUT2D eigenvalue weighted by atomic mass is 16.6. The van der Waals surface area contributed by atoms with E-state index >= 15 is 0 Å². The average Bonchev–Trinajstić information content (AvgIpc) is 2.40. The van der Waals surface area contributed by atoms with Crippen molar-refractivity contribution in [2.75, 3.05) is 45.0 Å². The van der Waals surface area contributed by atoms with Gasteiger partial charge in [-0.1, -0.05) is 0 Å². The summed E-state index contributed by atoms with van der Waals surface area (Å²) in [5.74, 6) is 0.594. The molecule has 1 heterocycles. The maximum Gasteiger partial charge on any atom is 0.353 e. The Kier molecular flexibility index (Phi) is 4.26. The minimum absolute atomic E-state index is 0.0734. The lowest BCUT2D eigenvalue weighted by Crippen LogP contribution is -2.57. The van der Waals surface area contributed by atoms with Crippen LogP contribution in [-0.4, -0.2) is 60.1 Å². The quantitative estimate of drug-likeness (QED) is 0.626. The van der Waals surface area contributed by atoms with Gasteiger partial charge < -0.3 is 15.1 Å². The summed E-state index contributed by atoms with van der Waals surface area (Å²) in [5, 5.41) is 14.1. The standard InChI is InChI=1S/C13H22N6O2/c1-14-11-10(19(20)21)12(16-9-15-11)18(4)8-13(17(2)3)6-5-7-13/h9H,5-8H2,1-4H3,(H,14,15,16). The predicted octanol–water partition coefficient (Wildman–Crippen LogP) is 1.35. The molecule has 116 valence electrons. The summed E-state index contributed by atoms with van der Waals surface area (Å²) in [5.41, 5.74) is 0.00336. The minimum Gasteiger partial charge on any atom is -0.367 e. The molecule has 1 fully saturated rings. The molecule has 1 aromatic rings. The first kappa shape index (κ1) is 15.4. The van der Waals surface area contributed by atoms with Crippen LogP contribution in [0.15, 0.2) is 6.33 Å². The molecule has 8 nitrogen and oxygen atoms in total. The largest absolute Gasteiger partial charge is 0.367 e. The Bertz CT molecular complexity index is 529. The zero-order valence-electron chi connectivity index (χ0n) is 13.0.